The molecule has 2 aliphatic rings. The van der Waals surface area contributed by atoms with Gasteiger partial charge >= 0.3 is 0 Å². The molecule has 0 fully saturated rings. The van der Waals surface area contributed by atoms with Crippen LogP contribution < -0.4 is 9.47 Å². The maximum absolute atomic E-state index is 13.2. The van der Waals surface area contributed by atoms with Crippen LogP contribution in [0.4, 0.5) is 0 Å². The van der Waals surface area contributed by atoms with Crippen molar-refractivity contribution in [3.05, 3.63) is 59.3 Å². The molecule has 0 saturated carbocycles. The summed E-state index contributed by atoms with van der Waals surface area (Å²) < 4.78 is 11.9. The molecule has 0 bridgehead atoms. The van der Waals surface area contributed by atoms with Crippen molar-refractivity contribution in [1.82, 2.24) is 9.88 Å². The number of para-hydroxylation sites is 2. The van der Waals surface area contributed by atoms with Crippen LogP contribution in [0.3, 0.4) is 0 Å². The highest BCUT2D eigenvalue weighted by molar-refractivity contribution is 5.87. The molecule has 5 nitrogen and oxygen atoms in total. The normalized spacial score (nSPS) is 21.2. The maximum Gasteiger partial charge on any atom is 0.267 e. The molecule has 0 aliphatic carbocycles. The predicted octanol–water partition coefficient (Wildman–Crippen LogP) is 3.59. The Balaban J connectivity index is 1.42. The van der Waals surface area contributed by atoms with Gasteiger partial charge in [0, 0.05) is 41.7 Å². The smallest absolute Gasteiger partial charge is 0.267 e. The SMILES string of the molecule is Cc1ccc2[nH]c3c(c2c1)CN(C(=O)C1Oc2ccccc2OC1C)CC3. The molecule has 2 aliphatic heterocycles. The molecular formula is C22H22N2O3. The number of amides is 1. The van der Waals surface area contributed by atoms with Gasteiger partial charge in [-0.25, -0.2) is 0 Å². The molecule has 0 radical (unpaired) electrons. The Hall–Kier alpha value is -2.95. The van der Waals surface area contributed by atoms with Crippen LogP contribution in [0.25, 0.3) is 10.9 Å². The predicted molar refractivity (Wildman–Crippen MR) is 103 cm³/mol. The van der Waals surface area contributed by atoms with E-state index in [1.807, 2.05) is 36.1 Å². The van der Waals surface area contributed by atoms with Crippen LogP contribution in [0.2, 0.25) is 0 Å². The van der Waals surface area contributed by atoms with Crippen molar-refractivity contribution >= 4 is 16.8 Å². The molecule has 2 unspecified atom stereocenters. The van der Waals surface area contributed by atoms with Crippen molar-refractivity contribution in [2.75, 3.05) is 6.54 Å². The zero-order chi connectivity index (χ0) is 18.5. The summed E-state index contributed by atoms with van der Waals surface area (Å²) in [6.07, 6.45) is -0.111. The molecule has 0 spiro atoms. The summed E-state index contributed by atoms with van der Waals surface area (Å²) in [5, 5.41) is 1.21. The minimum Gasteiger partial charge on any atom is -0.482 e. The van der Waals surface area contributed by atoms with E-state index in [1.54, 1.807) is 0 Å². The standard InChI is InChI=1S/C22H22N2O3/c1-13-7-8-17-15(11-13)16-12-24(10-9-18(16)23-17)22(25)21-14(2)26-19-5-3-4-6-20(19)27-21/h3-8,11,14,21,23H,9-10,12H2,1-2H3. The highest BCUT2D eigenvalue weighted by Crippen LogP contribution is 2.35. The number of aromatic amines is 1. The number of benzene rings is 2. The average molecular weight is 362 g/mol. The first-order chi connectivity index (χ1) is 13.1. The number of aromatic nitrogens is 1. The molecule has 2 aromatic carbocycles. The van der Waals surface area contributed by atoms with Crippen molar-refractivity contribution in [3.8, 4) is 11.5 Å². The molecular weight excluding hydrogens is 340 g/mol. The van der Waals surface area contributed by atoms with Crippen LogP contribution in [0.15, 0.2) is 42.5 Å². The van der Waals surface area contributed by atoms with Crippen molar-refractivity contribution in [2.24, 2.45) is 0 Å². The number of fused-ring (bicyclic) bond motifs is 4. The summed E-state index contributed by atoms with van der Waals surface area (Å²) in [6, 6.07) is 13.9. The zero-order valence-corrected chi connectivity index (χ0v) is 15.5. The third kappa shape index (κ3) is 2.65. The summed E-state index contributed by atoms with van der Waals surface area (Å²) in [5.74, 6) is 1.32. The van der Waals surface area contributed by atoms with Crippen molar-refractivity contribution in [3.63, 3.8) is 0 Å². The molecule has 1 aromatic heterocycles. The van der Waals surface area contributed by atoms with Crippen LogP contribution in [0, 0.1) is 6.92 Å². The molecule has 1 amide bonds. The van der Waals surface area contributed by atoms with E-state index in [0.29, 0.717) is 24.6 Å². The first kappa shape index (κ1) is 16.2. The monoisotopic (exact) mass is 362 g/mol. The van der Waals surface area contributed by atoms with Gasteiger partial charge in [0.05, 0.1) is 0 Å². The zero-order valence-electron chi connectivity index (χ0n) is 15.5. The summed E-state index contributed by atoms with van der Waals surface area (Å²) in [4.78, 5) is 18.6. The Morgan fingerprint density at radius 3 is 2.74 bits per heavy atom. The lowest BCUT2D eigenvalue weighted by molar-refractivity contribution is -0.145. The molecule has 27 heavy (non-hydrogen) atoms. The van der Waals surface area contributed by atoms with Crippen LogP contribution in [-0.2, 0) is 17.8 Å². The number of nitrogens with zero attached hydrogens (tertiary/aromatic N) is 1. The summed E-state index contributed by atoms with van der Waals surface area (Å²) in [5.41, 5.74) is 4.82. The van der Waals surface area contributed by atoms with Crippen molar-refractivity contribution in [2.45, 2.75) is 39.0 Å². The van der Waals surface area contributed by atoms with Gasteiger partial charge in [0.1, 0.15) is 6.10 Å². The molecule has 138 valence electrons. The Morgan fingerprint density at radius 2 is 1.93 bits per heavy atom. The second kappa shape index (κ2) is 6.05. The van der Waals surface area contributed by atoms with E-state index in [9.17, 15) is 4.79 Å². The summed E-state index contributed by atoms with van der Waals surface area (Å²) >= 11 is 0. The fourth-order valence-corrected chi connectivity index (χ4v) is 4.09. The van der Waals surface area contributed by atoms with Crippen molar-refractivity contribution < 1.29 is 14.3 Å². The lowest BCUT2D eigenvalue weighted by atomic mass is 10.0. The first-order valence-corrected chi connectivity index (χ1v) is 9.41. The van der Waals surface area contributed by atoms with Gasteiger partial charge in [-0.15, -0.1) is 0 Å². The number of nitrogens with one attached hydrogen (secondary N) is 1. The second-order valence-corrected chi connectivity index (χ2v) is 7.45. The number of hydrogen-bond acceptors (Lipinski definition) is 3. The third-order valence-corrected chi connectivity index (χ3v) is 5.53. The quantitative estimate of drug-likeness (QED) is 0.720. The molecule has 0 saturated heterocycles. The average Bonchev–Trinajstić information content (AvgIpc) is 3.04. The summed E-state index contributed by atoms with van der Waals surface area (Å²) in [7, 11) is 0. The fraction of sp³-hybridized carbons (Fsp3) is 0.318. The van der Waals surface area contributed by atoms with E-state index in [4.69, 9.17) is 9.47 Å². The summed E-state index contributed by atoms with van der Waals surface area (Å²) in [6.45, 7) is 5.28. The molecule has 3 heterocycles. The number of ether oxygens (including phenoxy) is 2. The van der Waals surface area contributed by atoms with Crippen LogP contribution in [0.1, 0.15) is 23.7 Å². The Morgan fingerprint density at radius 1 is 1.15 bits per heavy atom. The maximum atomic E-state index is 13.2. The lowest BCUT2D eigenvalue weighted by Crippen LogP contribution is -2.51. The number of hydrogen-bond donors (Lipinski definition) is 1. The van der Waals surface area contributed by atoms with E-state index in [2.05, 4.69) is 30.1 Å². The van der Waals surface area contributed by atoms with E-state index in [0.717, 1.165) is 11.9 Å². The number of rotatable bonds is 1. The van der Waals surface area contributed by atoms with Crippen LogP contribution >= 0.6 is 0 Å². The van der Waals surface area contributed by atoms with Crippen molar-refractivity contribution in [1.29, 1.82) is 0 Å². The van der Waals surface area contributed by atoms with Gasteiger partial charge in [0.15, 0.2) is 11.5 Å². The molecule has 5 rings (SSSR count). The van der Waals surface area contributed by atoms with Gasteiger partial charge < -0.3 is 19.4 Å². The van der Waals surface area contributed by atoms with Crippen LogP contribution in [-0.4, -0.2) is 34.5 Å². The third-order valence-electron chi connectivity index (χ3n) is 5.53. The largest absolute Gasteiger partial charge is 0.482 e. The van der Waals surface area contributed by atoms with E-state index in [1.165, 1.54) is 22.2 Å². The second-order valence-electron chi connectivity index (χ2n) is 7.45. The Labute approximate surface area is 157 Å². The minimum atomic E-state index is -0.617. The van der Waals surface area contributed by atoms with E-state index < -0.39 is 6.10 Å². The fourth-order valence-electron chi connectivity index (χ4n) is 4.09. The first-order valence-electron chi connectivity index (χ1n) is 9.41. The number of aryl methyl sites for hydroxylation is 1. The number of carbonyl (C=O) groups is 1. The molecule has 5 heteroatoms. The highest BCUT2D eigenvalue weighted by atomic mass is 16.6. The van der Waals surface area contributed by atoms with Gasteiger partial charge in [0.25, 0.3) is 5.91 Å². The Bertz CT molecular complexity index is 1040. The van der Waals surface area contributed by atoms with Gasteiger partial charge in [-0.1, -0.05) is 23.8 Å². The number of carbonyl (C=O) groups excluding carboxylic acids is 1. The minimum absolute atomic E-state index is 0.00958. The molecule has 3 aromatic rings. The Kier molecular flexibility index (Phi) is 3.64. The number of H-pyrrole nitrogens is 1. The van der Waals surface area contributed by atoms with Gasteiger partial charge in [-0.2, -0.15) is 0 Å². The molecule has 1 N–H and O–H groups in total. The van der Waals surface area contributed by atoms with Gasteiger partial charge in [-0.3, -0.25) is 4.79 Å². The lowest BCUT2D eigenvalue weighted by Gasteiger charge is -2.36. The van der Waals surface area contributed by atoms with Gasteiger partial charge in [0.2, 0.25) is 6.10 Å². The van der Waals surface area contributed by atoms with E-state index >= 15 is 0 Å². The van der Waals surface area contributed by atoms with Crippen LogP contribution in [0.5, 0.6) is 11.5 Å². The topological polar surface area (TPSA) is 54.6 Å². The van der Waals surface area contributed by atoms with E-state index in [-0.39, 0.29) is 12.0 Å². The van der Waals surface area contributed by atoms with Gasteiger partial charge in [-0.05, 0) is 38.1 Å². The molecule has 2 atom stereocenters. The highest BCUT2D eigenvalue weighted by Gasteiger charge is 2.38.